The molecule has 26 heavy (non-hydrogen) atoms. The van der Waals surface area contributed by atoms with Gasteiger partial charge in [-0.05, 0) is 24.6 Å². The van der Waals surface area contributed by atoms with E-state index in [1.54, 1.807) is 48.5 Å². The third-order valence-electron chi connectivity index (χ3n) is 4.28. The van der Waals surface area contributed by atoms with Gasteiger partial charge in [0.1, 0.15) is 5.01 Å². The highest BCUT2D eigenvalue weighted by Crippen LogP contribution is 2.42. The van der Waals surface area contributed by atoms with Crippen LogP contribution in [0.3, 0.4) is 0 Å². The van der Waals surface area contributed by atoms with Gasteiger partial charge < -0.3 is 5.11 Å². The van der Waals surface area contributed by atoms with Crippen LogP contribution in [0.2, 0.25) is 5.02 Å². The average molecular weight is 387 g/mol. The molecule has 1 atom stereocenters. The molecular formula is C18H15ClN4O2S. The lowest BCUT2D eigenvalue weighted by Crippen LogP contribution is -2.48. The minimum atomic E-state index is -1.68. The number of nitrogens with one attached hydrogen (secondary N) is 1. The largest absolute Gasteiger partial charge is 0.362 e. The van der Waals surface area contributed by atoms with Crippen molar-refractivity contribution in [3.05, 3.63) is 75.3 Å². The van der Waals surface area contributed by atoms with Gasteiger partial charge in [-0.25, -0.2) is 5.01 Å². The summed E-state index contributed by atoms with van der Waals surface area (Å²) >= 11 is 7.32. The first-order chi connectivity index (χ1) is 12.5. The van der Waals surface area contributed by atoms with Crippen LogP contribution in [-0.4, -0.2) is 26.2 Å². The minimum Gasteiger partial charge on any atom is -0.362 e. The van der Waals surface area contributed by atoms with Crippen molar-refractivity contribution in [2.75, 3.05) is 5.43 Å². The van der Waals surface area contributed by atoms with Crippen LogP contribution in [0.15, 0.2) is 48.5 Å². The zero-order chi connectivity index (χ0) is 18.3. The van der Waals surface area contributed by atoms with E-state index in [9.17, 15) is 9.90 Å². The van der Waals surface area contributed by atoms with Gasteiger partial charge in [-0.2, -0.15) is 0 Å². The fourth-order valence-electron chi connectivity index (χ4n) is 3.00. The Morgan fingerprint density at radius 1 is 1.19 bits per heavy atom. The number of halogens is 1. The highest BCUT2D eigenvalue weighted by Gasteiger charge is 2.50. The van der Waals surface area contributed by atoms with Gasteiger partial charge in [0.15, 0.2) is 0 Å². The topological polar surface area (TPSA) is 78.4 Å². The van der Waals surface area contributed by atoms with Crippen molar-refractivity contribution >= 4 is 34.0 Å². The predicted molar refractivity (Wildman–Crippen MR) is 100.0 cm³/mol. The second-order valence-electron chi connectivity index (χ2n) is 5.83. The van der Waals surface area contributed by atoms with Crippen molar-refractivity contribution in [1.82, 2.24) is 15.2 Å². The highest BCUT2D eigenvalue weighted by molar-refractivity contribution is 7.15. The molecule has 2 heterocycles. The van der Waals surface area contributed by atoms with Crippen molar-refractivity contribution in [2.24, 2.45) is 0 Å². The first-order valence-electron chi connectivity index (χ1n) is 8.05. The van der Waals surface area contributed by atoms with Gasteiger partial charge in [-0.1, -0.05) is 60.2 Å². The molecule has 0 bridgehead atoms. The van der Waals surface area contributed by atoms with Crippen LogP contribution < -0.4 is 5.43 Å². The Hall–Kier alpha value is -2.48. The second-order valence-corrected chi connectivity index (χ2v) is 7.33. The molecule has 1 amide bonds. The Kier molecular flexibility index (Phi) is 4.14. The fraction of sp³-hybridized carbons (Fsp3) is 0.167. The number of hydrogen-bond donors (Lipinski definition) is 2. The Morgan fingerprint density at radius 3 is 2.62 bits per heavy atom. The smallest absolute Gasteiger partial charge is 0.275 e. The third kappa shape index (κ3) is 2.56. The van der Waals surface area contributed by atoms with Crippen molar-refractivity contribution in [3.63, 3.8) is 0 Å². The molecule has 0 radical (unpaired) electrons. The number of aryl methyl sites for hydroxylation is 1. The molecule has 0 saturated heterocycles. The van der Waals surface area contributed by atoms with E-state index in [0.29, 0.717) is 26.8 Å². The van der Waals surface area contributed by atoms with Crippen molar-refractivity contribution in [2.45, 2.75) is 19.1 Å². The maximum absolute atomic E-state index is 13.0. The zero-order valence-electron chi connectivity index (χ0n) is 13.8. The molecule has 132 valence electrons. The van der Waals surface area contributed by atoms with Crippen molar-refractivity contribution in [3.8, 4) is 0 Å². The molecule has 0 unspecified atom stereocenters. The Morgan fingerprint density at radius 2 is 1.92 bits per heavy atom. The Balaban J connectivity index is 1.83. The summed E-state index contributed by atoms with van der Waals surface area (Å²) in [7, 11) is 0. The molecule has 3 aromatic rings. The molecule has 0 saturated carbocycles. The second kappa shape index (κ2) is 6.35. The number of anilines is 1. The molecule has 1 aliphatic rings. The summed E-state index contributed by atoms with van der Waals surface area (Å²) in [6.45, 7) is 1.98. The van der Waals surface area contributed by atoms with E-state index in [1.165, 1.54) is 16.3 Å². The molecule has 0 spiro atoms. The lowest BCUT2D eigenvalue weighted by molar-refractivity contribution is -0.0374. The lowest BCUT2D eigenvalue weighted by atomic mass is 9.94. The highest BCUT2D eigenvalue weighted by atomic mass is 35.5. The molecule has 1 aliphatic heterocycles. The lowest BCUT2D eigenvalue weighted by Gasteiger charge is -2.34. The number of aliphatic hydroxyl groups is 1. The van der Waals surface area contributed by atoms with Gasteiger partial charge in [0.2, 0.25) is 10.9 Å². The van der Waals surface area contributed by atoms with Crippen LogP contribution in [0.1, 0.15) is 33.4 Å². The van der Waals surface area contributed by atoms with Crippen LogP contribution in [-0.2, 0) is 12.1 Å². The van der Waals surface area contributed by atoms with Gasteiger partial charge >= 0.3 is 0 Å². The molecule has 0 aliphatic carbocycles. The number of benzene rings is 2. The van der Waals surface area contributed by atoms with E-state index in [-0.39, 0.29) is 5.91 Å². The summed E-state index contributed by atoms with van der Waals surface area (Å²) < 4.78 is 0. The quantitative estimate of drug-likeness (QED) is 0.718. The molecule has 4 rings (SSSR count). The molecule has 8 heteroatoms. The summed E-state index contributed by atoms with van der Waals surface area (Å²) in [5, 5.41) is 22.7. The van der Waals surface area contributed by atoms with E-state index < -0.39 is 5.72 Å². The number of aromatic nitrogens is 2. The molecule has 0 fully saturated rings. The molecule has 6 nitrogen and oxygen atoms in total. The Bertz CT molecular complexity index is 975. The number of hydrogen-bond acceptors (Lipinski definition) is 6. The maximum atomic E-state index is 13.0. The number of nitrogens with zero attached hydrogens (tertiary/aromatic N) is 3. The molecule has 2 aromatic carbocycles. The summed E-state index contributed by atoms with van der Waals surface area (Å²) in [4.78, 5) is 13.0. The predicted octanol–water partition coefficient (Wildman–Crippen LogP) is 3.43. The number of carbonyl (C=O) groups excluding carboxylic acids is 1. The van der Waals surface area contributed by atoms with Gasteiger partial charge in [-0.15, -0.1) is 10.2 Å². The van der Waals surface area contributed by atoms with E-state index in [0.717, 1.165) is 11.4 Å². The average Bonchev–Trinajstić information content (AvgIpc) is 3.20. The van der Waals surface area contributed by atoms with Crippen LogP contribution in [0, 0.1) is 0 Å². The number of carbonyl (C=O) groups is 1. The van der Waals surface area contributed by atoms with Gasteiger partial charge in [0, 0.05) is 21.7 Å². The van der Waals surface area contributed by atoms with E-state index in [2.05, 4.69) is 15.6 Å². The monoisotopic (exact) mass is 386 g/mol. The third-order valence-corrected chi connectivity index (χ3v) is 5.51. The summed E-state index contributed by atoms with van der Waals surface area (Å²) in [6.07, 6.45) is 0.745. The summed E-state index contributed by atoms with van der Waals surface area (Å²) in [6, 6.07) is 13.7. The van der Waals surface area contributed by atoms with Gasteiger partial charge in [0.25, 0.3) is 5.91 Å². The summed E-state index contributed by atoms with van der Waals surface area (Å²) in [5.41, 5.74) is 2.71. The number of rotatable bonds is 4. The van der Waals surface area contributed by atoms with Crippen molar-refractivity contribution in [1.29, 1.82) is 0 Å². The van der Waals surface area contributed by atoms with E-state index >= 15 is 0 Å². The first-order valence-corrected chi connectivity index (χ1v) is 9.25. The van der Waals surface area contributed by atoms with Crippen LogP contribution in [0.4, 0.5) is 5.13 Å². The first kappa shape index (κ1) is 17.0. The fourth-order valence-corrected chi connectivity index (χ4v) is 3.79. The number of hydrazine groups is 1. The minimum absolute atomic E-state index is 0.341. The molecule has 1 aromatic heterocycles. The standard InChI is InChI=1S/C18H15ClN4O2S/c1-2-15-20-21-17(26-15)22-23-16(24)13-5-3-4-6-14(13)18(23,25)11-7-9-12(19)10-8-11/h3-10,25H,2H2,1H3,(H,21,22)/t18-/m1/s1. The number of fused-ring (bicyclic) bond motifs is 1. The SMILES string of the molecule is CCc1nnc(NN2C(=O)c3ccccc3[C@]2(O)c2ccc(Cl)cc2)s1. The number of amides is 1. The van der Waals surface area contributed by atoms with Crippen LogP contribution in [0.5, 0.6) is 0 Å². The molecule has 2 N–H and O–H groups in total. The summed E-state index contributed by atoms with van der Waals surface area (Å²) in [5.74, 6) is -0.341. The van der Waals surface area contributed by atoms with Crippen LogP contribution in [0.25, 0.3) is 0 Å². The normalized spacial score (nSPS) is 18.9. The maximum Gasteiger partial charge on any atom is 0.275 e. The van der Waals surface area contributed by atoms with Crippen molar-refractivity contribution < 1.29 is 9.90 Å². The van der Waals surface area contributed by atoms with E-state index in [1.807, 2.05) is 6.92 Å². The van der Waals surface area contributed by atoms with Gasteiger partial charge in [-0.3, -0.25) is 10.2 Å². The van der Waals surface area contributed by atoms with Gasteiger partial charge in [0.05, 0.1) is 0 Å². The Labute approximate surface area is 159 Å². The van der Waals surface area contributed by atoms with Crippen LogP contribution >= 0.6 is 22.9 Å². The van der Waals surface area contributed by atoms with E-state index in [4.69, 9.17) is 11.6 Å². The molecular weight excluding hydrogens is 372 g/mol. The zero-order valence-corrected chi connectivity index (χ0v) is 15.4.